The maximum atomic E-state index is 5.50. The van der Waals surface area contributed by atoms with E-state index in [1.807, 2.05) is 0 Å². The molecule has 0 amide bonds. The Morgan fingerprint density at radius 3 is 2.88 bits per heavy atom. The quantitative estimate of drug-likeness (QED) is 0.501. The zero-order valence-electron chi connectivity index (χ0n) is 4.60. The van der Waals surface area contributed by atoms with E-state index in [1.54, 1.807) is 0 Å². The first kappa shape index (κ1) is 6.33. The minimum atomic E-state index is 0.227. The molecule has 1 atom stereocenters. The van der Waals surface area contributed by atoms with Crippen LogP contribution in [0.3, 0.4) is 0 Å². The molecule has 0 aromatic rings. The summed E-state index contributed by atoms with van der Waals surface area (Å²) < 4.78 is 9.99. The van der Waals surface area contributed by atoms with Gasteiger partial charge in [0.1, 0.15) is 6.79 Å². The minimum Gasteiger partial charge on any atom is -0.355 e. The van der Waals surface area contributed by atoms with Crippen molar-refractivity contribution in [2.75, 3.05) is 19.3 Å². The first-order valence-electron chi connectivity index (χ1n) is 2.69. The molecule has 1 rings (SSSR count). The Kier molecular flexibility index (Phi) is 2.59. The van der Waals surface area contributed by atoms with E-state index in [0.29, 0.717) is 12.7 Å². The Hall–Kier alpha value is 0.210. The van der Waals surface area contributed by atoms with Gasteiger partial charge in [-0.1, -0.05) is 0 Å². The molecule has 3 heteroatoms. The van der Waals surface area contributed by atoms with Crippen LogP contribution >= 0.6 is 11.6 Å². The van der Waals surface area contributed by atoms with Gasteiger partial charge in [-0.25, -0.2) is 0 Å². The molecule has 0 bridgehead atoms. The van der Waals surface area contributed by atoms with Crippen molar-refractivity contribution in [3.8, 4) is 0 Å². The normalized spacial score (nSPS) is 30.4. The Morgan fingerprint density at radius 1 is 1.62 bits per heavy atom. The Bertz CT molecular complexity index is 61.4. The number of hydrogen-bond donors (Lipinski definition) is 0. The fourth-order valence-electron chi connectivity index (χ4n) is 0.623. The van der Waals surface area contributed by atoms with Gasteiger partial charge in [0.05, 0.1) is 12.7 Å². The smallest absolute Gasteiger partial charge is 0.147 e. The Balaban J connectivity index is 2.13. The summed E-state index contributed by atoms with van der Waals surface area (Å²) in [5.74, 6) is 0.587. The lowest BCUT2D eigenvalue weighted by Crippen LogP contribution is -2.24. The first-order valence-corrected chi connectivity index (χ1v) is 3.22. The molecule has 8 heavy (non-hydrogen) atoms. The highest BCUT2D eigenvalue weighted by molar-refractivity contribution is 6.18. The van der Waals surface area contributed by atoms with Gasteiger partial charge in [0, 0.05) is 5.88 Å². The van der Waals surface area contributed by atoms with Crippen molar-refractivity contribution < 1.29 is 9.47 Å². The molecule has 1 aliphatic heterocycles. The summed E-state index contributed by atoms with van der Waals surface area (Å²) in [5, 5.41) is 0. The van der Waals surface area contributed by atoms with Crippen LogP contribution in [0.5, 0.6) is 0 Å². The largest absolute Gasteiger partial charge is 0.355 e. The SMILES string of the molecule is ClCC1CCOCO1. The van der Waals surface area contributed by atoms with Gasteiger partial charge in [0.15, 0.2) is 0 Å². The van der Waals surface area contributed by atoms with Crippen LogP contribution in [0.1, 0.15) is 6.42 Å². The third-order valence-electron chi connectivity index (χ3n) is 1.14. The molecule has 0 aromatic carbocycles. The third-order valence-corrected chi connectivity index (χ3v) is 1.49. The minimum absolute atomic E-state index is 0.227. The lowest BCUT2D eigenvalue weighted by molar-refractivity contribution is -0.131. The highest BCUT2D eigenvalue weighted by Crippen LogP contribution is 2.06. The van der Waals surface area contributed by atoms with E-state index < -0.39 is 0 Å². The third kappa shape index (κ3) is 1.62. The summed E-state index contributed by atoms with van der Waals surface area (Å²) in [6.45, 7) is 1.20. The summed E-state index contributed by atoms with van der Waals surface area (Å²) in [7, 11) is 0. The van der Waals surface area contributed by atoms with Gasteiger partial charge in [0.2, 0.25) is 0 Å². The predicted octanol–water partition coefficient (Wildman–Crippen LogP) is 0.988. The van der Waals surface area contributed by atoms with E-state index >= 15 is 0 Å². The lowest BCUT2D eigenvalue weighted by atomic mass is 10.3. The molecular formula is C5H9ClO2. The zero-order chi connectivity index (χ0) is 5.82. The molecular weight excluding hydrogens is 128 g/mol. The second kappa shape index (κ2) is 3.28. The molecule has 1 saturated heterocycles. The summed E-state index contributed by atoms with van der Waals surface area (Å²) in [5.41, 5.74) is 0. The lowest BCUT2D eigenvalue weighted by Gasteiger charge is -2.19. The standard InChI is InChI=1S/C5H9ClO2/c6-3-5-1-2-7-4-8-5/h5H,1-4H2. The maximum absolute atomic E-state index is 5.50. The van der Waals surface area contributed by atoms with Crippen molar-refractivity contribution in [3.05, 3.63) is 0 Å². The van der Waals surface area contributed by atoms with Gasteiger partial charge in [-0.15, -0.1) is 11.6 Å². The first-order chi connectivity index (χ1) is 3.93. The maximum Gasteiger partial charge on any atom is 0.147 e. The second-order valence-electron chi connectivity index (χ2n) is 1.76. The van der Waals surface area contributed by atoms with E-state index in [9.17, 15) is 0 Å². The monoisotopic (exact) mass is 136 g/mol. The highest BCUT2D eigenvalue weighted by Gasteiger charge is 2.11. The van der Waals surface area contributed by atoms with Crippen molar-refractivity contribution in [3.63, 3.8) is 0 Å². The van der Waals surface area contributed by atoms with Crippen molar-refractivity contribution in [2.24, 2.45) is 0 Å². The molecule has 1 aliphatic rings. The van der Waals surface area contributed by atoms with Gasteiger partial charge < -0.3 is 9.47 Å². The molecule has 0 aromatic heterocycles. The topological polar surface area (TPSA) is 18.5 Å². The molecule has 0 radical (unpaired) electrons. The summed E-state index contributed by atoms with van der Waals surface area (Å²) in [6.07, 6.45) is 1.16. The van der Waals surface area contributed by atoms with Crippen molar-refractivity contribution >= 4 is 11.6 Å². The number of hydrogen-bond acceptors (Lipinski definition) is 2. The van der Waals surface area contributed by atoms with Gasteiger partial charge in [-0.3, -0.25) is 0 Å². The molecule has 1 unspecified atom stereocenters. The summed E-state index contributed by atoms with van der Waals surface area (Å²) in [6, 6.07) is 0. The number of halogens is 1. The van der Waals surface area contributed by atoms with Crippen molar-refractivity contribution in [1.82, 2.24) is 0 Å². The van der Waals surface area contributed by atoms with Gasteiger partial charge in [-0.05, 0) is 6.42 Å². The molecule has 48 valence electrons. The number of ether oxygens (including phenoxy) is 2. The fraction of sp³-hybridized carbons (Fsp3) is 1.00. The van der Waals surface area contributed by atoms with Crippen LogP contribution in [-0.4, -0.2) is 25.4 Å². The van der Waals surface area contributed by atoms with E-state index in [1.165, 1.54) is 0 Å². The van der Waals surface area contributed by atoms with Crippen LogP contribution in [0.4, 0.5) is 0 Å². The molecule has 0 spiro atoms. The number of alkyl halides is 1. The van der Waals surface area contributed by atoms with Crippen LogP contribution in [-0.2, 0) is 9.47 Å². The summed E-state index contributed by atoms with van der Waals surface area (Å²) in [4.78, 5) is 0. The molecule has 1 heterocycles. The molecule has 0 aliphatic carbocycles. The van der Waals surface area contributed by atoms with Gasteiger partial charge in [-0.2, -0.15) is 0 Å². The van der Waals surface area contributed by atoms with Crippen LogP contribution in [0.2, 0.25) is 0 Å². The Labute approximate surface area is 53.7 Å². The van der Waals surface area contributed by atoms with Crippen molar-refractivity contribution in [1.29, 1.82) is 0 Å². The average molecular weight is 137 g/mol. The number of rotatable bonds is 1. The zero-order valence-corrected chi connectivity index (χ0v) is 5.36. The van der Waals surface area contributed by atoms with E-state index in [4.69, 9.17) is 21.1 Å². The van der Waals surface area contributed by atoms with E-state index in [-0.39, 0.29) is 6.10 Å². The van der Waals surface area contributed by atoms with Crippen LogP contribution in [0, 0.1) is 0 Å². The van der Waals surface area contributed by atoms with Gasteiger partial charge in [0.25, 0.3) is 0 Å². The average Bonchev–Trinajstić information content (AvgIpc) is 1.90. The van der Waals surface area contributed by atoms with E-state index in [2.05, 4.69) is 0 Å². The fourth-order valence-corrected chi connectivity index (χ4v) is 0.866. The second-order valence-corrected chi connectivity index (χ2v) is 2.07. The van der Waals surface area contributed by atoms with Gasteiger partial charge >= 0.3 is 0 Å². The van der Waals surface area contributed by atoms with E-state index in [0.717, 1.165) is 13.0 Å². The van der Waals surface area contributed by atoms with Crippen molar-refractivity contribution in [2.45, 2.75) is 12.5 Å². The molecule has 1 fully saturated rings. The predicted molar refractivity (Wildman–Crippen MR) is 31.0 cm³/mol. The summed E-state index contributed by atoms with van der Waals surface area (Å²) >= 11 is 5.50. The van der Waals surface area contributed by atoms with Crippen LogP contribution in [0.15, 0.2) is 0 Å². The molecule has 0 N–H and O–H groups in total. The highest BCUT2D eigenvalue weighted by atomic mass is 35.5. The van der Waals surface area contributed by atoms with Crippen LogP contribution in [0.25, 0.3) is 0 Å². The van der Waals surface area contributed by atoms with Crippen LogP contribution < -0.4 is 0 Å². The molecule has 0 saturated carbocycles. The Morgan fingerprint density at radius 2 is 2.50 bits per heavy atom. The molecule has 2 nitrogen and oxygen atoms in total.